The van der Waals surface area contributed by atoms with Crippen molar-refractivity contribution in [2.45, 2.75) is 58.4 Å². The Morgan fingerprint density at radius 3 is 2.51 bits per heavy atom. The third kappa shape index (κ3) is 5.60. The summed E-state index contributed by atoms with van der Waals surface area (Å²) >= 11 is 0. The average molecular weight is 517 g/mol. The van der Waals surface area contributed by atoms with Crippen LogP contribution in [0.15, 0.2) is 41.2 Å². The van der Waals surface area contributed by atoms with Gasteiger partial charge in [0.05, 0.1) is 11.3 Å². The summed E-state index contributed by atoms with van der Waals surface area (Å²) in [6.07, 6.45) is 1.75. The number of amides is 2. The van der Waals surface area contributed by atoms with Crippen molar-refractivity contribution in [3.63, 3.8) is 0 Å². The fourth-order valence-electron chi connectivity index (χ4n) is 4.72. The van der Waals surface area contributed by atoms with Crippen LogP contribution in [0.1, 0.15) is 53.0 Å². The fraction of sp³-hybridized carbons (Fsp3) is 0.385. The molecule has 2 N–H and O–H groups in total. The van der Waals surface area contributed by atoms with E-state index in [1.54, 1.807) is 26.8 Å². The minimum atomic E-state index is -2.82. The molecule has 1 atom stereocenters. The van der Waals surface area contributed by atoms with Gasteiger partial charge in [-0.15, -0.1) is 0 Å². The van der Waals surface area contributed by atoms with E-state index in [-0.39, 0.29) is 29.7 Å². The highest BCUT2D eigenvalue weighted by Crippen LogP contribution is 2.38. The van der Waals surface area contributed by atoms with Gasteiger partial charge < -0.3 is 20.4 Å². The molecule has 8 nitrogen and oxygen atoms in total. The SMILES string of the molecule is Cc1cc[n+]([O-])c(C)c1-c1ccc(NC(=O)[C@@H](NC(=O)c2conc2C)C2CCC(F)(F)CC2)cc1F. The molecule has 37 heavy (non-hydrogen) atoms. The second kappa shape index (κ2) is 10.2. The highest BCUT2D eigenvalue weighted by Gasteiger charge is 2.40. The van der Waals surface area contributed by atoms with Crippen molar-refractivity contribution in [2.75, 3.05) is 5.32 Å². The van der Waals surface area contributed by atoms with Crippen molar-refractivity contribution in [3.05, 3.63) is 70.3 Å². The number of benzene rings is 1. The maximum Gasteiger partial charge on any atom is 0.257 e. The monoisotopic (exact) mass is 516 g/mol. The Hall–Kier alpha value is -3.89. The lowest BCUT2D eigenvalue weighted by Gasteiger charge is -2.33. The van der Waals surface area contributed by atoms with Crippen molar-refractivity contribution in [3.8, 4) is 11.1 Å². The van der Waals surface area contributed by atoms with Crippen LogP contribution in [0.25, 0.3) is 11.1 Å². The molecular formula is C26H27F3N4O4. The van der Waals surface area contributed by atoms with E-state index in [4.69, 9.17) is 4.52 Å². The predicted octanol–water partition coefficient (Wildman–Crippen LogP) is 4.60. The maximum absolute atomic E-state index is 15.1. The summed E-state index contributed by atoms with van der Waals surface area (Å²) < 4.78 is 48.1. The smallest absolute Gasteiger partial charge is 0.257 e. The molecule has 1 aromatic carbocycles. The number of carbonyl (C=O) groups is 2. The van der Waals surface area contributed by atoms with Crippen molar-refractivity contribution in [2.24, 2.45) is 5.92 Å². The summed E-state index contributed by atoms with van der Waals surface area (Å²) in [6.45, 7) is 4.90. The normalized spacial score (nSPS) is 16.3. The van der Waals surface area contributed by atoms with Gasteiger partial charge in [0.1, 0.15) is 23.7 Å². The first-order chi connectivity index (χ1) is 17.5. The highest BCUT2D eigenvalue weighted by atomic mass is 19.3. The van der Waals surface area contributed by atoms with Gasteiger partial charge in [-0.1, -0.05) is 5.16 Å². The van der Waals surface area contributed by atoms with Gasteiger partial charge in [0.15, 0.2) is 11.9 Å². The second-order valence-corrected chi connectivity index (χ2v) is 9.43. The Morgan fingerprint density at radius 2 is 1.89 bits per heavy atom. The largest absolute Gasteiger partial charge is 0.618 e. The zero-order valence-electron chi connectivity index (χ0n) is 20.6. The fourth-order valence-corrected chi connectivity index (χ4v) is 4.72. The van der Waals surface area contributed by atoms with Crippen LogP contribution in [0, 0.1) is 37.7 Å². The van der Waals surface area contributed by atoms with E-state index in [2.05, 4.69) is 15.8 Å². The van der Waals surface area contributed by atoms with Crippen LogP contribution in [-0.2, 0) is 4.79 Å². The zero-order chi connectivity index (χ0) is 26.9. The Balaban J connectivity index is 1.57. The first-order valence-corrected chi connectivity index (χ1v) is 11.9. The van der Waals surface area contributed by atoms with Crippen molar-refractivity contribution >= 4 is 17.5 Å². The van der Waals surface area contributed by atoms with Gasteiger partial charge in [-0.2, -0.15) is 4.73 Å². The number of aryl methyl sites for hydroxylation is 2. The number of aromatic nitrogens is 2. The molecular weight excluding hydrogens is 489 g/mol. The number of carbonyl (C=O) groups excluding carboxylic acids is 2. The molecule has 2 amide bonds. The molecule has 4 rings (SSSR count). The van der Waals surface area contributed by atoms with Gasteiger partial charge in [0, 0.05) is 37.1 Å². The Bertz CT molecular complexity index is 1330. The van der Waals surface area contributed by atoms with Crippen molar-refractivity contribution in [1.82, 2.24) is 10.5 Å². The molecule has 1 aliphatic rings. The molecule has 196 valence electrons. The summed E-state index contributed by atoms with van der Waals surface area (Å²) in [7, 11) is 0. The Labute approximate surface area is 211 Å². The Morgan fingerprint density at radius 1 is 1.19 bits per heavy atom. The number of halogens is 3. The van der Waals surface area contributed by atoms with E-state index < -0.39 is 48.4 Å². The van der Waals surface area contributed by atoms with E-state index in [1.807, 2.05) is 0 Å². The van der Waals surface area contributed by atoms with E-state index in [0.717, 1.165) is 12.3 Å². The molecule has 2 heterocycles. The van der Waals surface area contributed by atoms with Crippen LogP contribution in [-0.4, -0.2) is 28.9 Å². The number of alkyl halides is 2. The number of pyridine rings is 1. The number of nitrogens with zero attached hydrogens (tertiary/aromatic N) is 2. The first-order valence-electron chi connectivity index (χ1n) is 11.9. The van der Waals surface area contributed by atoms with E-state index in [0.29, 0.717) is 27.2 Å². The van der Waals surface area contributed by atoms with Gasteiger partial charge in [-0.05, 0) is 56.4 Å². The van der Waals surface area contributed by atoms with Crippen LogP contribution in [0.2, 0.25) is 0 Å². The highest BCUT2D eigenvalue weighted by molar-refractivity contribution is 6.01. The number of hydrogen-bond acceptors (Lipinski definition) is 5. The van der Waals surface area contributed by atoms with E-state index in [1.165, 1.54) is 18.3 Å². The summed E-state index contributed by atoms with van der Waals surface area (Å²) in [5, 5.41) is 20.9. The third-order valence-electron chi connectivity index (χ3n) is 6.85. The lowest BCUT2D eigenvalue weighted by molar-refractivity contribution is -0.611. The van der Waals surface area contributed by atoms with Crippen molar-refractivity contribution < 1.29 is 32.0 Å². The van der Waals surface area contributed by atoms with Gasteiger partial charge in [0.2, 0.25) is 11.8 Å². The first kappa shape index (κ1) is 26.2. The summed E-state index contributed by atoms with van der Waals surface area (Å²) in [4.78, 5) is 26.0. The molecule has 1 saturated carbocycles. The standard InChI is InChI=1S/C26H27F3N4O4/c1-14-8-11-33(36)16(3)22(14)19-5-4-18(12-21(19)27)30-25(35)23(17-6-9-26(28,29)10-7-17)31-24(34)20-13-37-32-15(20)2/h4-5,8,11-13,17,23H,6-7,9-10H2,1-3H3,(H,30,35)(H,31,34)/t23-/m0/s1. The van der Waals surface area contributed by atoms with Gasteiger partial charge in [-0.25, -0.2) is 13.2 Å². The van der Waals surface area contributed by atoms with E-state index in [9.17, 15) is 23.6 Å². The number of nitrogens with one attached hydrogen (secondary N) is 2. The zero-order valence-corrected chi connectivity index (χ0v) is 20.6. The van der Waals surface area contributed by atoms with Crippen LogP contribution >= 0.6 is 0 Å². The van der Waals surface area contributed by atoms with Crippen LogP contribution in [0.4, 0.5) is 18.9 Å². The quantitative estimate of drug-likeness (QED) is 0.367. The molecule has 3 aromatic rings. The van der Waals surface area contributed by atoms with Gasteiger partial charge in [0.25, 0.3) is 5.91 Å². The molecule has 11 heteroatoms. The molecule has 0 radical (unpaired) electrons. The minimum absolute atomic E-state index is 0.0308. The second-order valence-electron chi connectivity index (χ2n) is 9.43. The summed E-state index contributed by atoms with van der Waals surface area (Å²) in [5.41, 5.74) is 2.24. The van der Waals surface area contributed by atoms with Crippen LogP contribution in [0.3, 0.4) is 0 Å². The maximum atomic E-state index is 15.1. The minimum Gasteiger partial charge on any atom is -0.618 e. The molecule has 1 aliphatic carbocycles. The number of rotatable bonds is 6. The molecule has 1 fully saturated rings. The Kier molecular flexibility index (Phi) is 7.24. The van der Waals surface area contributed by atoms with E-state index >= 15 is 4.39 Å². The molecule has 0 saturated heterocycles. The lowest BCUT2D eigenvalue weighted by atomic mass is 9.81. The average Bonchev–Trinajstić information content (AvgIpc) is 3.27. The topological polar surface area (TPSA) is 111 Å². The lowest BCUT2D eigenvalue weighted by Crippen LogP contribution is -2.50. The number of hydrogen-bond donors (Lipinski definition) is 2. The predicted molar refractivity (Wildman–Crippen MR) is 128 cm³/mol. The third-order valence-corrected chi connectivity index (χ3v) is 6.85. The molecule has 0 unspecified atom stereocenters. The molecule has 2 aromatic heterocycles. The summed E-state index contributed by atoms with van der Waals surface area (Å²) in [6, 6.07) is 4.50. The molecule has 0 spiro atoms. The van der Waals surface area contributed by atoms with Gasteiger partial charge >= 0.3 is 0 Å². The van der Waals surface area contributed by atoms with Gasteiger partial charge in [-0.3, -0.25) is 9.59 Å². The summed E-state index contributed by atoms with van der Waals surface area (Å²) in [5.74, 6) is -5.31. The number of anilines is 1. The van der Waals surface area contributed by atoms with Crippen LogP contribution in [0.5, 0.6) is 0 Å². The molecule has 0 bridgehead atoms. The van der Waals surface area contributed by atoms with Crippen LogP contribution < -0.4 is 15.4 Å². The molecule has 0 aliphatic heterocycles. The van der Waals surface area contributed by atoms with Crippen molar-refractivity contribution in [1.29, 1.82) is 0 Å².